The maximum Gasteiger partial charge on any atom is 0.125 e. The number of nitrogens with one attached hydrogen (secondary N) is 1. The Bertz CT molecular complexity index is 366. The molecule has 0 saturated heterocycles. The fourth-order valence-corrected chi connectivity index (χ4v) is 2.14. The van der Waals surface area contributed by atoms with E-state index in [0.29, 0.717) is 6.61 Å². The third kappa shape index (κ3) is 3.72. The first-order chi connectivity index (χ1) is 8.63. The van der Waals surface area contributed by atoms with Gasteiger partial charge in [0.2, 0.25) is 0 Å². The van der Waals surface area contributed by atoms with Crippen LogP contribution in [0.3, 0.4) is 0 Å². The van der Waals surface area contributed by atoms with Crippen molar-refractivity contribution < 1.29 is 9.84 Å². The van der Waals surface area contributed by atoms with Gasteiger partial charge in [-0.3, -0.25) is 0 Å². The summed E-state index contributed by atoms with van der Waals surface area (Å²) < 4.78 is 5.60. The lowest BCUT2D eigenvalue weighted by Crippen LogP contribution is -2.34. The zero-order valence-electron chi connectivity index (χ0n) is 11.9. The fourth-order valence-electron chi connectivity index (χ4n) is 2.14. The summed E-state index contributed by atoms with van der Waals surface area (Å²) in [6.45, 7) is 9.58. The lowest BCUT2D eigenvalue weighted by Gasteiger charge is -2.24. The maximum atomic E-state index is 10.5. The number of rotatable bonds is 7. The Labute approximate surface area is 110 Å². The molecule has 0 radical (unpaired) electrons. The molecule has 0 fully saturated rings. The fraction of sp³-hybridized carbons (Fsp3) is 0.600. The van der Waals surface area contributed by atoms with Crippen LogP contribution < -0.4 is 10.1 Å². The van der Waals surface area contributed by atoms with Crippen LogP contribution in [0.5, 0.6) is 5.75 Å². The zero-order chi connectivity index (χ0) is 13.5. The van der Waals surface area contributed by atoms with Crippen molar-refractivity contribution in [1.29, 1.82) is 0 Å². The Morgan fingerprint density at radius 3 is 2.56 bits per heavy atom. The predicted molar refractivity (Wildman–Crippen MR) is 75.1 cm³/mol. The Balaban J connectivity index is 3.00. The summed E-state index contributed by atoms with van der Waals surface area (Å²) in [5.74, 6) is 0.784. The molecule has 3 nitrogen and oxygen atoms in total. The molecule has 0 aromatic heterocycles. The first-order valence-electron chi connectivity index (χ1n) is 6.78. The van der Waals surface area contributed by atoms with Crippen LogP contribution in [-0.2, 0) is 0 Å². The molecule has 0 heterocycles. The summed E-state index contributed by atoms with van der Waals surface area (Å²) in [5.41, 5.74) is 2.02. The van der Waals surface area contributed by atoms with E-state index in [4.69, 9.17) is 4.74 Å². The highest BCUT2D eigenvalue weighted by Gasteiger charge is 2.21. The largest absolute Gasteiger partial charge is 0.493 e. The van der Waals surface area contributed by atoms with E-state index in [1.807, 2.05) is 32.0 Å². The Morgan fingerprint density at radius 2 is 2.00 bits per heavy atom. The molecule has 18 heavy (non-hydrogen) atoms. The van der Waals surface area contributed by atoms with Gasteiger partial charge in [0.1, 0.15) is 5.75 Å². The molecule has 102 valence electrons. The second-order valence-corrected chi connectivity index (χ2v) is 4.49. The summed E-state index contributed by atoms with van der Waals surface area (Å²) in [4.78, 5) is 0. The van der Waals surface area contributed by atoms with Gasteiger partial charge < -0.3 is 15.2 Å². The van der Waals surface area contributed by atoms with E-state index in [-0.39, 0.29) is 6.04 Å². The maximum absolute atomic E-state index is 10.5. The van der Waals surface area contributed by atoms with E-state index >= 15 is 0 Å². The SMILES string of the molecule is CCNC(CC)C(O)c1cc(C)ccc1OCC. The van der Waals surface area contributed by atoms with E-state index in [9.17, 15) is 5.11 Å². The normalized spacial score (nSPS) is 14.3. The second-order valence-electron chi connectivity index (χ2n) is 4.49. The van der Waals surface area contributed by atoms with Gasteiger partial charge in [-0.2, -0.15) is 0 Å². The van der Waals surface area contributed by atoms with E-state index in [1.54, 1.807) is 0 Å². The Morgan fingerprint density at radius 1 is 1.28 bits per heavy atom. The van der Waals surface area contributed by atoms with Crippen LogP contribution in [0.15, 0.2) is 18.2 Å². The van der Waals surface area contributed by atoms with Crippen molar-refractivity contribution in [2.75, 3.05) is 13.2 Å². The predicted octanol–water partition coefficient (Wildman–Crippen LogP) is 2.82. The second kappa shape index (κ2) is 7.39. The number of hydrogen-bond donors (Lipinski definition) is 2. The molecule has 0 spiro atoms. The molecule has 0 amide bonds. The van der Waals surface area contributed by atoms with E-state index < -0.39 is 6.10 Å². The quantitative estimate of drug-likeness (QED) is 0.783. The zero-order valence-corrected chi connectivity index (χ0v) is 11.9. The minimum atomic E-state index is -0.531. The molecule has 0 aliphatic heterocycles. The van der Waals surface area contributed by atoms with Crippen LogP contribution in [0, 0.1) is 6.92 Å². The summed E-state index contributed by atoms with van der Waals surface area (Å²) in [5, 5.41) is 13.8. The van der Waals surface area contributed by atoms with Gasteiger partial charge in [0, 0.05) is 11.6 Å². The van der Waals surface area contributed by atoms with Crippen LogP contribution in [-0.4, -0.2) is 24.3 Å². The third-order valence-electron chi connectivity index (χ3n) is 3.07. The van der Waals surface area contributed by atoms with Gasteiger partial charge in [-0.15, -0.1) is 0 Å². The molecule has 1 aromatic carbocycles. The van der Waals surface area contributed by atoms with Gasteiger partial charge in [0.25, 0.3) is 0 Å². The Hall–Kier alpha value is -1.06. The first-order valence-corrected chi connectivity index (χ1v) is 6.78. The van der Waals surface area contributed by atoms with Crippen molar-refractivity contribution in [3.63, 3.8) is 0 Å². The average molecular weight is 251 g/mol. The highest BCUT2D eigenvalue weighted by Crippen LogP contribution is 2.29. The average Bonchev–Trinajstić information content (AvgIpc) is 2.37. The van der Waals surface area contributed by atoms with Gasteiger partial charge in [-0.1, -0.05) is 25.5 Å². The molecule has 2 N–H and O–H groups in total. The highest BCUT2D eigenvalue weighted by atomic mass is 16.5. The van der Waals surface area contributed by atoms with Crippen molar-refractivity contribution in [2.24, 2.45) is 0 Å². The van der Waals surface area contributed by atoms with Crippen molar-refractivity contribution in [1.82, 2.24) is 5.32 Å². The van der Waals surface area contributed by atoms with Crippen LogP contribution >= 0.6 is 0 Å². The summed E-state index contributed by atoms with van der Waals surface area (Å²) in [7, 11) is 0. The molecule has 1 aromatic rings. The monoisotopic (exact) mass is 251 g/mol. The minimum Gasteiger partial charge on any atom is -0.493 e. The molecule has 0 aliphatic rings. The topological polar surface area (TPSA) is 41.5 Å². The molecule has 2 atom stereocenters. The third-order valence-corrected chi connectivity index (χ3v) is 3.07. The van der Waals surface area contributed by atoms with Crippen molar-refractivity contribution in [2.45, 2.75) is 46.3 Å². The number of aliphatic hydroxyl groups is 1. The van der Waals surface area contributed by atoms with E-state index in [2.05, 4.69) is 19.2 Å². The van der Waals surface area contributed by atoms with Crippen LogP contribution in [0.1, 0.15) is 44.4 Å². The Kier molecular flexibility index (Phi) is 6.16. The molecule has 0 bridgehead atoms. The number of aryl methyl sites for hydroxylation is 1. The van der Waals surface area contributed by atoms with Crippen LogP contribution in [0.4, 0.5) is 0 Å². The summed E-state index contributed by atoms with van der Waals surface area (Å²) in [6, 6.07) is 6.03. The van der Waals surface area contributed by atoms with Crippen molar-refractivity contribution >= 4 is 0 Å². The number of ether oxygens (including phenoxy) is 1. The minimum absolute atomic E-state index is 0.0657. The van der Waals surface area contributed by atoms with Crippen LogP contribution in [0.25, 0.3) is 0 Å². The van der Waals surface area contributed by atoms with Gasteiger partial charge in [0.05, 0.1) is 12.7 Å². The smallest absolute Gasteiger partial charge is 0.125 e. The van der Waals surface area contributed by atoms with Crippen molar-refractivity contribution in [3.8, 4) is 5.75 Å². The lowest BCUT2D eigenvalue weighted by molar-refractivity contribution is 0.123. The summed E-state index contributed by atoms with van der Waals surface area (Å²) in [6.07, 6.45) is 0.352. The van der Waals surface area contributed by atoms with Crippen molar-refractivity contribution in [3.05, 3.63) is 29.3 Å². The number of hydrogen-bond acceptors (Lipinski definition) is 3. The summed E-state index contributed by atoms with van der Waals surface area (Å²) >= 11 is 0. The van der Waals surface area contributed by atoms with Gasteiger partial charge in [-0.25, -0.2) is 0 Å². The number of likely N-dealkylation sites (N-methyl/N-ethyl adjacent to an activating group) is 1. The number of benzene rings is 1. The highest BCUT2D eigenvalue weighted by molar-refractivity contribution is 5.39. The molecule has 3 heteroatoms. The first kappa shape index (κ1) is 15.0. The van der Waals surface area contributed by atoms with Gasteiger partial charge >= 0.3 is 0 Å². The van der Waals surface area contributed by atoms with Gasteiger partial charge in [0.15, 0.2) is 0 Å². The van der Waals surface area contributed by atoms with Crippen LogP contribution in [0.2, 0.25) is 0 Å². The number of aliphatic hydroxyl groups excluding tert-OH is 1. The molecule has 1 rings (SSSR count). The van der Waals surface area contributed by atoms with E-state index in [0.717, 1.165) is 29.8 Å². The molecule has 2 unspecified atom stereocenters. The molecule has 0 aliphatic carbocycles. The molecular weight excluding hydrogens is 226 g/mol. The molecular formula is C15H25NO2. The van der Waals surface area contributed by atoms with E-state index in [1.165, 1.54) is 0 Å². The van der Waals surface area contributed by atoms with Gasteiger partial charge in [-0.05, 0) is 38.9 Å². The standard InChI is InChI=1S/C15H25NO2/c1-5-13(16-6-2)15(17)12-10-11(4)8-9-14(12)18-7-3/h8-10,13,15-17H,5-7H2,1-4H3. The molecule has 0 saturated carbocycles. The lowest BCUT2D eigenvalue weighted by atomic mass is 9.97.